The van der Waals surface area contributed by atoms with Gasteiger partial charge in [0.15, 0.2) is 0 Å². The number of halogens is 1. The Labute approximate surface area is 260 Å². The zero-order valence-electron chi connectivity index (χ0n) is 23.9. The molecule has 1 aliphatic rings. The standard InChI is InChI=1S/C31H35BrN4O6S/c1-43(41,42)35(27-13-8-14-28(20-27)36(39)40)22-30(37)34(21-24-15-17-25(32)18-16-24)29(19-23-9-4-2-5-10-23)31(38)33-26-11-6-3-7-12-26/h2,4-5,8-10,13-18,20,26,29H,3,6-7,11-12,19,21-22H2,1H3,(H,33,38)/t29-/m1/s1. The van der Waals surface area contributed by atoms with Gasteiger partial charge in [0.1, 0.15) is 12.6 Å². The van der Waals surface area contributed by atoms with E-state index in [1.807, 2.05) is 54.6 Å². The maximum Gasteiger partial charge on any atom is 0.271 e. The Morgan fingerprint density at radius 3 is 2.28 bits per heavy atom. The molecule has 1 atom stereocenters. The molecule has 1 aliphatic carbocycles. The topological polar surface area (TPSA) is 130 Å². The molecular weight excluding hydrogens is 636 g/mol. The molecule has 228 valence electrons. The number of amides is 2. The van der Waals surface area contributed by atoms with Gasteiger partial charge in [0.2, 0.25) is 21.8 Å². The molecule has 0 aromatic heterocycles. The molecule has 43 heavy (non-hydrogen) atoms. The number of hydrogen-bond acceptors (Lipinski definition) is 6. The molecule has 0 heterocycles. The Hall–Kier alpha value is -3.77. The highest BCUT2D eigenvalue weighted by Crippen LogP contribution is 2.25. The summed E-state index contributed by atoms with van der Waals surface area (Å²) < 4.78 is 27.5. The van der Waals surface area contributed by atoms with E-state index in [9.17, 15) is 28.1 Å². The van der Waals surface area contributed by atoms with E-state index in [-0.39, 0.29) is 36.3 Å². The summed E-state index contributed by atoms with van der Waals surface area (Å²) in [6, 6.07) is 20.9. The molecule has 0 saturated heterocycles. The van der Waals surface area contributed by atoms with Gasteiger partial charge in [-0.1, -0.05) is 83.7 Å². The summed E-state index contributed by atoms with van der Waals surface area (Å²) in [6.07, 6.45) is 6.03. The van der Waals surface area contributed by atoms with Crippen molar-refractivity contribution in [3.63, 3.8) is 0 Å². The van der Waals surface area contributed by atoms with Crippen molar-refractivity contribution in [1.29, 1.82) is 0 Å². The van der Waals surface area contributed by atoms with Crippen LogP contribution in [-0.2, 0) is 32.6 Å². The first-order chi connectivity index (χ1) is 20.5. The van der Waals surface area contributed by atoms with Crippen molar-refractivity contribution in [1.82, 2.24) is 10.2 Å². The Balaban J connectivity index is 1.73. The van der Waals surface area contributed by atoms with E-state index in [1.165, 1.54) is 23.1 Å². The van der Waals surface area contributed by atoms with Crippen LogP contribution in [0.2, 0.25) is 0 Å². The van der Waals surface area contributed by atoms with Gasteiger partial charge in [0.05, 0.1) is 16.9 Å². The van der Waals surface area contributed by atoms with Gasteiger partial charge in [0.25, 0.3) is 5.69 Å². The van der Waals surface area contributed by atoms with Crippen LogP contribution in [0.1, 0.15) is 43.2 Å². The number of rotatable bonds is 12. The van der Waals surface area contributed by atoms with E-state index in [0.717, 1.165) is 64.3 Å². The number of nitro benzene ring substituents is 1. The van der Waals surface area contributed by atoms with E-state index < -0.39 is 33.4 Å². The molecule has 2 amide bonds. The zero-order valence-corrected chi connectivity index (χ0v) is 26.3. The molecule has 0 radical (unpaired) electrons. The normalized spacial score (nSPS) is 14.5. The first-order valence-electron chi connectivity index (χ1n) is 14.1. The number of carbonyl (C=O) groups is 2. The highest BCUT2D eigenvalue weighted by molar-refractivity contribution is 9.10. The number of carbonyl (C=O) groups excluding carboxylic acids is 2. The van der Waals surface area contributed by atoms with Crippen LogP contribution in [0.5, 0.6) is 0 Å². The Morgan fingerprint density at radius 1 is 0.977 bits per heavy atom. The van der Waals surface area contributed by atoms with Gasteiger partial charge in [-0.05, 0) is 42.2 Å². The van der Waals surface area contributed by atoms with Crippen molar-refractivity contribution in [3.8, 4) is 0 Å². The lowest BCUT2D eigenvalue weighted by Gasteiger charge is -2.35. The number of anilines is 1. The highest BCUT2D eigenvalue weighted by Gasteiger charge is 2.34. The number of non-ortho nitro benzene ring substituents is 1. The van der Waals surface area contributed by atoms with Crippen LogP contribution >= 0.6 is 15.9 Å². The summed E-state index contributed by atoms with van der Waals surface area (Å²) in [7, 11) is -4.04. The van der Waals surface area contributed by atoms with Gasteiger partial charge in [-0.3, -0.25) is 24.0 Å². The number of benzene rings is 3. The number of sulfonamides is 1. The van der Waals surface area contributed by atoms with Gasteiger partial charge in [0, 0.05) is 35.6 Å². The molecule has 0 aliphatic heterocycles. The van der Waals surface area contributed by atoms with Gasteiger partial charge in [-0.2, -0.15) is 0 Å². The van der Waals surface area contributed by atoms with Crippen molar-refractivity contribution in [2.45, 2.75) is 57.2 Å². The third kappa shape index (κ3) is 9.11. The maximum atomic E-state index is 14.2. The first-order valence-corrected chi connectivity index (χ1v) is 16.8. The molecule has 0 spiro atoms. The molecule has 4 rings (SSSR count). The zero-order chi connectivity index (χ0) is 31.0. The lowest BCUT2D eigenvalue weighted by molar-refractivity contribution is -0.384. The Morgan fingerprint density at radius 2 is 1.65 bits per heavy atom. The largest absolute Gasteiger partial charge is 0.352 e. The number of hydrogen-bond donors (Lipinski definition) is 1. The van der Waals surface area contributed by atoms with Crippen molar-refractivity contribution in [3.05, 3.63) is 105 Å². The van der Waals surface area contributed by atoms with E-state index in [2.05, 4.69) is 21.2 Å². The van der Waals surface area contributed by atoms with Gasteiger partial charge < -0.3 is 10.2 Å². The van der Waals surface area contributed by atoms with E-state index in [4.69, 9.17) is 0 Å². The van der Waals surface area contributed by atoms with E-state index >= 15 is 0 Å². The van der Waals surface area contributed by atoms with Gasteiger partial charge in [-0.15, -0.1) is 0 Å². The number of nitro groups is 1. The summed E-state index contributed by atoms with van der Waals surface area (Å²) in [5.41, 5.74) is 1.28. The van der Waals surface area contributed by atoms with Crippen molar-refractivity contribution < 1.29 is 22.9 Å². The van der Waals surface area contributed by atoms with Crippen LogP contribution in [-0.4, -0.2) is 54.9 Å². The average Bonchev–Trinajstić information content (AvgIpc) is 2.99. The number of nitrogens with one attached hydrogen (secondary N) is 1. The second-order valence-electron chi connectivity index (χ2n) is 10.7. The summed E-state index contributed by atoms with van der Waals surface area (Å²) in [5, 5.41) is 14.6. The third-order valence-corrected chi connectivity index (χ3v) is 9.17. The van der Waals surface area contributed by atoms with Crippen LogP contribution in [0.25, 0.3) is 0 Å². The van der Waals surface area contributed by atoms with Crippen molar-refractivity contribution in [2.24, 2.45) is 0 Å². The lowest BCUT2D eigenvalue weighted by Crippen LogP contribution is -2.55. The highest BCUT2D eigenvalue weighted by atomic mass is 79.9. The quantitative estimate of drug-likeness (QED) is 0.208. The molecule has 12 heteroatoms. The average molecular weight is 672 g/mol. The maximum absolute atomic E-state index is 14.2. The van der Waals surface area contributed by atoms with Crippen LogP contribution in [0.15, 0.2) is 83.3 Å². The molecule has 1 N–H and O–H groups in total. The predicted octanol–water partition coefficient (Wildman–Crippen LogP) is 5.21. The molecule has 1 fully saturated rings. The minimum Gasteiger partial charge on any atom is -0.352 e. The Bertz CT molecular complexity index is 1530. The Kier molecular flexibility index (Phi) is 10.9. The molecule has 1 saturated carbocycles. The smallest absolute Gasteiger partial charge is 0.271 e. The molecule has 3 aromatic carbocycles. The van der Waals surface area contributed by atoms with Crippen molar-refractivity contribution >= 4 is 49.1 Å². The minimum atomic E-state index is -4.04. The number of nitrogens with zero attached hydrogens (tertiary/aromatic N) is 3. The summed E-state index contributed by atoms with van der Waals surface area (Å²) in [4.78, 5) is 40.3. The summed E-state index contributed by atoms with van der Waals surface area (Å²) in [5.74, 6) is -0.915. The second-order valence-corrected chi connectivity index (χ2v) is 13.6. The first kappa shape index (κ1) is 32.2. The third-order valence-electron chi connectivity index (χ3n) is 7.50. The second kappa shape index (κ2) is 14.6. The van der Waals surface area contributed by atoms with Crippen LogP contribution in [0.4, 0.5) is 11.4 Å². The fourth-order valence-corrected chi connectivity index (χ4v) is 6.37. The minimum absolute atomic E-state index is 0.00143. The predicted molar refractivity (Wildman–Crippen MR) is 169 cm³/mol. The fraction of sp³-hybridized carbons (Fsp3) is 0.355. The molecular formula is C31H35BrN4O6S. The van der Waals surface area contributed by atoms with Crippen LogP contribution in [0.3, 0.4) is 0 Å². The van der Waals surface area contributed by atoms with Crippen LogP contribution in [0, 0.1) is 10.1 Å². The summed E-state index contributed by atoms with van der Waals surface area (Å²) >= 11 is 3.42. The summed E-state index contributed by atoms with van der Waals surface area (Å²) in [6.45, 7) is -0.591. The van der Waals surface area contributed by atoms with Gasteiger partial charge in [-0.25, -0.2) is 8.42 Å². The molecule has 0 unspecified atom stereocenters. The van der Waals surface area contributed by atoms with E-state index in [1.54, 1.807) is 0 Å². The van der Waals surface area contributed by atoms with Gasteiger partial charge >= 0.3 is 0 Å². The lowest BCUT2D eigenvalue weighted by atomic mass is 9.94. The fourth-order valence-electron chi connectivity index (χ4n) is 5.26. The molecule has 0 bridgehead atoms. The van der Waals surface area contributed by atoms with Crippen molar-refractivity contribution in [2.75, 3.05) is 17.1 Å². The van der Waals surface area contributed by atoms with E-state index in [0.29, 0.717) is 0 Å². The van der Waals surface area contributed by atoms with Crippen LogP contribution < -0.4 is 9.62 Å². The monoisotopic (exact) mass is 670 g/mol. The SMILES string of the molecule is CS(=O)(=O)N(CC(=O)N(Cc1ccc(Br)cc1)[C@H](Cc1ccccc1)C(=O)NC1CCCCC1)c1cccc([N+](=O)[O-])c1. The molecule has 3 aromatic rings. The molecule has 10 nitrogen and oxygen atoms in total.